The first-order valence-electron chi connectivity index (χ1n) is 15.9. The molecule has 0 saturated heterocycles. The third-order valence-electron chi connectivity index (χ3n) is 9.01. The lowest BCUT2D eigenvalue weighted by Gasteiger charge is -2.32. The van der Waals surface area contributed by atoms with Gasteiger partial charge in [0.2, 0.25) is 0 Å². The smallest absolute Gasteiger partial charge is 0.199 e. The zero-order valence-electron chi connectivity index (χ0n) is 28.3. The lowest BCUT2D eigenvalue weighted by atomic mass is 9.73. The van der Waals surface area contributed by atoms with E-state index in [1.54, 1.807) is 20.8 Å². The van der Waals surface area contributed by atoms with Gasteiger partial charge in [-0.05, 0) is 47.0 Å². The fraction of sp³-hybridized carbons (Fsp3) is 0.472. The zero-order valence-corrected chi connectivity index (χ0v) is 28.3. The van der Waals surface area contributed by atoms with Crippen LogP contribution in [-0.4, -0.2) is 64.7 Å². The molecule has 2 aliphatic rings. The van der Waals surface area contributed by atoms with E-state index < -0.39 is 132 Å². The number of carbonyl (C=O) groups excluding carboxylic acids is 5. The minimum Gasteiger partial charge on any atom is -0.511 e. The Labute approximate surface area is 278 Å². The van der Waals surface area contributed by atoms with Gasteiger partial charge in [0.05, 0.1) is 10.8 Å². The molecule has 7 N–H and O–H groups in total. The van der Waals surface area contributed by atoms with Crippen LogP contribution in [0.25, 0.3) is 0 Å². The number of aromatic hydroxyl groups is 3. The van der Waals surface area contributed by atoms with Gasteiger partial charge in [0.1, 0.15) is 57.0 Å². The van der Waals surface area contributed by atoms with E-state index in [2.05, 4.69) is 0 Å². The van der Waals surface area contributed by atoms with Gasteiger partial charge in [-0.15, -0.1) is 0 Å². The predicted octanol–water partition coefficient (Wildman–Crippen LogP) is 6.08. The van der Waals surface area contributed by atoms with E-state index in [4.69, 9.17) is 0 Å². The van der Waals surface area contributed by atoms with Crippen molar-refractivity contribution in [3.8, 4) is 17.2 Å². The molecule has 3 rings (SSSR count). The fourth-order valence-corrected chi connectivity index (χ4v) is 6.01. The van der Waals surface area contributed by atoms with Crippen molar-refractivity contribution in [2.24, 2.45) is 10.8 Å². The Bertz CT molecular complexity index is 1630. The topological polar surface area (TPSA) is 227 Å². The Morgan fingerprint density at radius 1 is 0.500 bits per heavy atom. The van der Waals surface area contributed by atoms with Crippen molar-refractivity contribution in [3.63, 3.8) is 0 Å². The maximum absolute atomic E-state index is 13.6. The maximum Gasteiger partial charge on any atom is 0.199 e. The Hall–Kier alpha value is -4.87. The molecule has 0 bridgehead atoms. The van der Waals surface area contributed by atoms with Crippen LogP contribution in [0, 0.1) is 10.8 Å². The minimum atomic E-state index is -1.64. The van der Waals surface area contributed by atoms with Gasteiger partial charge in [-0.25, -0.2) is 0 Å². The normalized spacial score (nSPS) is 17.8. The fourth-order valence-electron chi connectivity index (χ4n) is 6.01. The molecule has 0 spiro atoms. The van der Waals surface area contributed by atoms with Crippen molar-refractivity contribution >= 4 is 28.9 Å². The monoisotopic (exact) mass is 668 g/mol. The second-order valence-corrected chi connectivity index (χ2v) is 13.3. The summed E-state index contributed by atoms with van der Waals surface area (Å²) < 4.78 is 0. The number of benzene rings is 1. The molecular weight excluding hydrogens is 624 g/mol. The summed E-state index contributed by atoms with van der Waals surface area (Å²) >= 11 is 0. The molecule has 1 aromatic carbocycles. The Morgan fingerprint density at radius 3 is 1.12 bits per heavy atom. The molecule has 0 unspecified atom stereocenters. The lowest BCUT2D eigenvalue weighted by molar-refractivity contribution is -0.122. The van der Waals surface area contributed by atoms with Gasteiger partial charge in [0.25, 0.3) is 0 Å². The van der Waals surface area contributed by atoms with E-state index in [-0.39, 0.29) is 25.7 Å². The number of Topliss-reactive ketones (excluding diaryl/α,β-unsaturated/α-hetero) is 5. The molecule has 2 aliphatic carbocycles. The molecule has 12 heteroatoms. The number of rotatable bonds is 13. The molecule has 0 heterocycles. The van der Waals surface area contributed by atoms with Crippen molar-refractivity contribution in [2.45, 2.75) is 99.8 Å². The second kappa shape index (κ2) is 13.7. The summed E-state index contributed by atoms with van der Waals surface area (Å²) in [6, 6.07) is 0. The van der Waals surface area contributed by atoms with Gasteiger partial charge in [0.15, 0.2) is 28.9 Å². The molecule has 260 valence electrons. The van der Waals surface area contributed by atoms with Gasteiger partial charge < -0.3 is 35.7 Å². The number of phenolic OH excluding ortho intramolecular Hbond substituents is 3. The minimum absolute atomic E-state index is 0.0967. The predicted molar refractivity (Wildman–Crippen MR) is 174 cm³/mol. The summed E-state index contributed by atoms with van der Waals surface area (Å²) in [5.74, 6) is -9.71. The summed E-state index contributed by atoms with van der Waals surface area (Å²) in [6.45, 7) is 10.5. The van der Waals surface area contributed by atoms with E-state index in [1.165, 1.54) is 27.7 Å². The first-order valence-corrected chi connectivity index (χ1v) is 15.9. The van der Waals surface area contributed by atoms with E-state index in [1.807, 2.05) is 0 Å². The number of carbonyl (C=O) groups is 5. The highest BCUT2D eigenvalue weighted by Crippen LogP contribution is 2.49. The molecule has 0 saturated carbocycles. The number of hydrogen-bond donors (Lipinski definition) is 7. The summed E-state index contributed by atoms with van der Waals surface area (Å²) in [5.41, 5.74) is -7.10. The average molecular weight is 669 g/mol. The van der Waals surface area contributed by atoms with E-state index in [9.17, 15) is 59.7 Å². The first kappa shape index (κ1) is 37.6. The van der Waals surface area contributed by atoms with Crippen LogP contribution in [0.5, 0.6) is 17.2 Å². The van der Waals surface area contributed by atoms with Crippen LogP contribution in [0.3, 0.4) is 0 Å². The molecule has 0 radical (unpaired) electrons. The van der Waals surface area contributed by atoms with Crippen LogP contribution < -0.4 is 0 Å². The van der Waals surface area contributed by atoms with Crippen molar-refractivity contribution in [3.05, 3.63) is 62.0 Å². The average Bonchev–Trinajstić information content (AvgIpc) is 2.99. The van der Waals surface area contributed by atoms with E-state index in [0.717, 1.165) is 0 Å². The van der Waals surface area contributed by atoms with Crippen LogP contribution in [0.4, 0.5) is 0 Å². The number of phenols is 3. The zero-order chi connectivity index (χ0) is 36.6. The third-order valence-corrected chi connectivity index (χ3v) is 9.01. The quantitative estimate of drug-likeness (QED) is 0.0938. The Morgan fingerprint density at radius 2 is 0.812 bits per heavy atom. The Balaban J connectivity index is 2.33. The molecule has 48 heavy (non-hydrogen) atoms. The highest BCUT2D eigenvalue weighted by atomic mass is 16.3. The molecule has 1 aromatic rings. The highest BCUT2D eigenvalue weighted by Gasteiger charge is 2.46. The van der Waals surface area contributed by atoms with Gasteiger partial charge in [-0.3, -0.25) is 24.0 Å². The third kappa shape index (κ3) is 6.11. The van der Waals surface area contributed by atoms with Crippen LogP contribution in [0.1, 0.15) is 108 Å². The molecule has 0 fully saturated rings. The van der Waals surface area contributed by atoms with Crippen molar-refractivity contribution in [1.29, 1.82) is 0 Å². The number of aliphatic hydroxyl groups is 4. The van der Waals surface area contributed by atoms with Crippen LogP contribution in [0.15, 0.2) is 45.3 Å². The van der Waals surface area contributed by atoms with Crippen molar-refractivity contribution in [1.82, 2.24) is 0 Å². The maximum atomic E-state index is 13.6. The summed E-state index contributed by atoms with van der Waals surface area (Å²) in [4.78, 5) is 66.3. The molecular formula is C36H44O12. The molecule has 0 aromatic heterocycles. The van der Waals surface area contributed by atoms with Crippen LogP contribution in [0.2, 0.25) is 0 Å². The molecule has 12 nitrogen and oxygen atoms in total. The summed E-state index contributed by atoms with van der Waals surface area (Å²) in [6.07, 6.45) is -0.973. The van der Waals surface area contributed by atoms with Gasteiger partial charge in [-0.1, -0.05) is 20.8 Å². The highest BCUT2D eigenvalue weighted by molar-refractivity contribution is 6.28. The molecule has 0 aliphatic heterocycles. The second-order valence-electron chi connectivity index (χ2n) is 13.3. The summed E-state index contributed by atoms with van der Waals surface area (Å²) in [5, 5.41) is 78.2. The summed E-state index contributed by atoms with van der Waals surface area (Å²) in [7, 11) is 0. The number of ketones is 5. The van der Waals surface area contributed by atoms with E-state index in [0.29, 0.717) is 12.8 Å². The van der Waals surface area contributed by atoms with Gasteiger partial charge in [0, 0.05) is 54.4 Å². The lowest BCUT2D eigenvalue weighted by Crippen LogP contribution is -2.34. The van der Waals surface area contributed by atoms with Gasteiger partial charge in [-0.2, -0.15) is 0 Å². The van der Waals surface area contributed by atoms with Crippen LogP contribution in [-0.2, 0) is 32.0 Å². The van der Waals surface area contributed by atoms with Crippen molar-refractivity contribution in [2.75, 3.05) is 0 Å². The Kier molecular flexibility index (Phi) is 10.7. The standard InChI is InChI=1S/C36H44O12/c1-8-11-20(37)23-27(41)16(14-18-29(43)24(21(38)12-9-2)33(47)35(4,5)31(18)45)26(40)17(28(23)42)15-19-30(44)25(22(39)13-10-3)34(48)36(6,7)32(19)46/h40-42,45-48H,8-15H2,1-7H3. The van der Waals surface area contributed by atoms with E-state index >= 15 is 0 Å². The largest absolute Gasteiger partial charge is 0.511 e. The molecule has 0 atom stereocenters. The number of allylic oxidation sites excluding steroid dienone is 4. The van der Waals surface area contributed by atoms with Gasteiger partial charge >= 0.3 is 0 Å². The van der Waals surface area contributed by atoms with Crippen molar-refractivity contribution < 1.29 is 59.7 Å². The van der Waals surface area contributed by atoms with Crippen LogP contribution >= 0.6 is 0 Å². The SMILES string of the molecule is CCCC(=O)C1=C(O)C(C)(C)C(O)=C(Cc2c(O)c(CC3=C(O)C(C)(C)C(O)=C(C(=O)CCC)C3=O)c(O)c(C(=O)CCC)c2O)C1=O. The number of aliphatic hydroxyl groups excluding tert-OH is 4. The number of hydrogen-bond acceptors (Lipinski definition) is 12. The molecule has 0 amide bonds. The first-order chi connectivity index (χ1) is 22.2.